The summed E-state index contributed by atoms with van der Waals surface area (Å²) in [6.07, 6.45) is 2.19. The molecule has 0 aromatic rings. The average molecular weight is 157 g/mol. The molecule has 1 aliphatic rings. The van der Waals surface area contributed by atoms with Gasteiger partial charge in [-0.25, -0.2) is 4.79 Å². The van der Waals surface area contributed by atoms with E-state index in [1.165, 1.54) is 0 Å². The van der Waals surface area contributed by atoms with Crippen LogP contribution in [0.5, 0.6) is 0 Å². The lowest BCUT2D eigenvalue weighted by atomic mass is 10.1. The summed E-state index contributed by atoms with van der Waals surface area (Å²) in [5.74, 6) is 0. The van der Waals surface area contributed by atoms with Crippen molar-refractivity contribution in [2.75, 3.05) is 20.1 Å². The Kier molecular flexibility index (Phi) is 2.70. The topological polar surface area (TPSA) is 58.4 Å². The van der Waals surface area contributed by atoms with Crippen molar-refractivity contribution in [3.8, 4) is 0 Å². The largest absolute Gasteiger partial charge is 0.352 e. The van der Waals surface area contributed by atoms with E-state index < -0.39 is 6.03 Å². The molecule has 0 spiro atoms. The maximum absolute atomic E-state index is 10.5. The molecule has 0 radical (unpaired) electrons. The minimum Gasteiger partial charge on any atom is -0.352 e. The Bertz CT molecular complexity index is 149. The van der Waals surface area contributed by atoms with E-state index in [9.17, 15) is 4.79 Å². The lowest BCUT2D eigenvalue weighted by Gasteiger charge is -2.29. The highest BCUT2D eigenvalue weighted by atomic mass is 16.2. The summed E-state index contributed by atoms with van der Waals surface area (Å²) in [5, 5.41) is 2.71. The van der Waals surface area contributed by atoms with E-state index in [1.54, 1.807) is 0 Å². The normalized spacial score (nSPS) is 26.5. The van der Waals surface area contributed by atoms with Crippen molar-refractivity contribution in [3.05, 3.63) is 0 Å². The molecule has 1 atom stereocenters. The van der Waals surface area contributed by atoms with Crippen LogP contribution in [0.2, 0.25) is 0 Å². The molecule has 0 bridgehead atoms. The van der Waals surface area contributed by atoms with Gasteiger partial charge in [0, 0.05) is 12.6 Å². The molecule has 1 saturated heterocycles. The van der Waals surface area contributed by atoms with Gasteiger partial charge in [0.2, 0.25) is 0 Å². The smallest absolute Gasteiger partial charge is 0.312 e. The van der Waals surface area contributed by atoms with Crippen LogP contribution in [-0.2, 0) is 0 Å². The van der Waals surface area contributed by atoms with Gasteiger partial charge in [0.1, 0.15) is 0 Å². The van der Waals surface area contributed by atoms with Gasteiger partial charge in [0.05, 0.1) is 0 Å². The van der Waals surface area contributed by atoms with E-state index in [0.29, 0.717) is 0 Å². The van der Waals surface area contributed by atoms with Gasteiger partial charge in [-0.3, -0.25) is 0 Å². The number of nitrogens with one attached hydrogen (secondary N) is 1. The van der Waals surface area contributed by atoms with Gasteiger partial charge >= 0.3 is 6.03 Å². The Morgan fingerprint density at radius 2 is 2.45 bits per heavy atom. The zero-order valence-corrected chi connectivity index (χ0v) is 6.84. The molecule has 0 aromatic carbocycles. The summed E-state index contributed by atoms with van der Waals surface area (Å²) < 4.78 is 0. The second-order valence-electron chi connectivity index (χ2n) is 3.11. The summed E-state index contributed by atoms with van der Waals surface area (Å²) in [6.45, 7) is 2.04. The fraction of sp³-hybridized carbons (Fsp3) is 0.857. The molecule has 3 N–H and O–H groups in total. The molecule has 0 aromatic heterocycles. The first kappa shape index (κ1) is 8.33. The van der Waals surface area contributed by atoms with Crippen molar-refractivity contribution in [1.82, 2.24) is 10.2 Å². The van der Waals surface area contributed by atoms with Crippen LogP contribution in [0.25, 0.3) is 0 Å². The predicted octanol–water partition coefficient (Wildman–Crippen LogP) is -0.251. The fourth-order valence-electron chi connectivity index (χ4n) is 1.49. The van der Waals surface area contributed by atoms with E-state index in [1.807, 2.05) is 0 Å². The first-order valence-corrected chi connectivity index (χ1v) is 3.93. The van der Waals surface area contributed by atoms with Crippen molar-refractivity contribution >= 4 is 6.03 Å². The summed E-state index contributed by atoms with van der Waals surface area (Å²) in [5.41, 5.74) is 5.00. The van der Waals surface area contributed by atoms with Gasteiger partial charge < -0.3 is 16.0 Å². The van der Waals surface area contributed by atoms with Crippen molar-refractivity contribution < 1.29 is 4.79 Å². The van der Waals surface area contributed by atoms with Gasteiger partial charge in [0.25, 0.3) is 0 Å². The lowest BCUT2D eigenvalue weighted by Crippen LogP contribution is -2.47. The number of hydrogen-bond donors (Lipinski definition) is 2. The Morgan fingerprint density at radius 3 is 3.00 bits per heavy atom. The van der Waals surface area contributed by atoms with Crippen molar-refractivity contribution in [1.29, 1.82) is 0 Å². The molecule has 4 nitrogen and oxygen atoms in total. The van der Waals surface area contributed by atoms with Crippen LogP contribution in [0.1, 0.15) is 12.8 Å². The Balaban J connectivity index is 2.28. The Morgan fingerprint density at radius 1 is 1.73 bits per heavy atom. The number of primary amides is 1. The van der Waals surface area contributed by atoms with Crippen LogP contribution in [0.4, 0.5) is 4.79 Å². The number of carbonyl (C=O) groups is 1. The highest BCUT2D eigenvalue weighted by Crippen LogP contribution is 2.06. The van der Waals surface area contributed by atoms with Gasteiger partial charge in [-0.05, 0) is 26.4 Å². The molecular formula is C7H15N3O. The van der Waals surface area contributed by atoms with Crippen LogP contribution in [0.3, 0.4) is 0 Å². The number of amides is 2. The Labute approximate surface area is 66.7 Å². The zero-order chi connectivity index (χ0) is 8.27. The second-order valence-corrected chi connectivity index (χ2v) is 3.11. The first-order chi connectivity index (χ1) is 5.18. The lowest BCUT2D eigenvalue weighted by molar-refractivity contribution is 0.214. The Hall–Kier alpha value is -0.770. The predicted molar refractivity (Wildman–Crippen MR) is 43.2 cm³/mol. The molecule has 4 heteroatoms. The molecule has 11 heavy (non-hydrogen) atoms. The number of likely N-dealkylation sites (tertiary alicyclic amines) is 1. The standard InChI is InChI=1S/C7H15N3O/c1-10-4-2-3-6(5-10)9-7(8)11/h6H,2-5H2,1H3,(H3,8,9,11). The number of nitrogens with zero attached hydrogens (tertiary/aromatic N) is 1. The number of rotatable bonds is 1. The van der Waals surface area contributed by atoms with Crippen molar-refractivity contribution in [2.24, 2.45) is 5.73 Å². The summed E-state index contributed by atoms with van der Waals surface area (Å²) in [6, 6.07) is -0.156. The number of nitrogens with two attached hydrogens (primary N) is 1. The molecule has 1 aliphatic heterocycles. The maximum Gasteiger partial charge on any atom is 0.312 e. The van der Waals surface area contributed by atoms with Crippen LogP contribution in [0.15, 0.2) is 0 Å². The van der Waals surface area contributed by atoms with E-state index in [4.69, 9.17) is 5.73 Å². The third-order valence-electron chi connectivity index (χ3n) is 1.97. The van der Waals surface area contributed by atoms with E-state index >= 15 is 0 Å². The quantitative estimate of drug-likeness (QED) is 0.551. The van der Waals surface area contributed by atoms with Crippen molar-refractivity contribution in [2.45, 2.75) is 18.9 Å². The summed E-state index contributed by atoms with van der Waals surface area (Å²) in [7, 11) is 2.05. The number of likely N-dealkylation sites (N-methyl/N-ethyl adjacent to an activating group) is 1. The first-order valence-electron chi connectivity index (χ1n) is 3.93. The second kappa shape index (κ2) is 3.57. The molecule has 64 valence electrons. The number of carbonyl (C=O) groups excluding carboxylic acids is 1. The molecule has 0 aliphatic carbocycles. The minimum absolute atomic E-state index is 0.256. The third kappa shape index (κ3) is 2.76. The van der Waals surface area contributed by atoms with Crippen LogP contribution >= 0.6 is 0 Å². The van der Waals surface area contributed by atoms with Crippen molar-refractivity contribution in [3.63, 3.8) is 0 Å². The number of urea groups is 1. The molecule has 1 unspecified atom stereocenters. The highest BCUT2D eigenvalue weighted by Gasteiger charge is 2.17. The van der Waals surface area contributed by atoms with Crippen LogP contribution in [0, 0.1) is 0 Å². The number of piperidine rings is 1. The molecule has 0 saturated carbocycles. The molecule has 2 amide bonds. The highest BCUT2D eigenvalue weighted by molar-refractivity contribution is 5.71. The third-order valence-corrected chi connectivity index (χ3v) is 1.97. The minimum atomic E-state index is -0.412. The average Bonchev–Trinajstić information content (AvgIpc) is 1.85. The number of hydrogen-bond acceptors (Lipinski definition) is 2. The summed E-state index contributed by atoms with van der Waals surface area (Å²) in [4.78, 5) is 12.7. The summed E-state index contributed by atoms with van der Waals surface area (Å²) >= 11 is 0. The molecular weight excluding hydrogens is 142 g/mol. The van der Waals surface area contributed by atoms with Crippen LogP contribution < -0.4 is 11.1 Å². The zero-order valence-electron chi connectivity index (χ0n) is 6.84. The van der Waals surface area contributed by atoms with Gasteiger partial charge in [-0.15, -0.1) is 0 Å². The van der Waals surface area contributed by atoms with E-state index in [0.717, 1.165) is 25.9 Å². The van der Waals surface area contributed by atoms with Gasteiger partial charge in [-0.1, -0.05) is 0 Å². The van der Waals surface area contributed by atoms with E-state index in [-0.39, 0.29) is 6.04 Å². The fourth-order valence-corrected chi connectivity index (χ4v) is 1.49. The maximum atomic E-state index is 10.5. The molecule has 1 heterocycles. The van der Waals surface area contributed by atoms with Crippen LogP contribution in [-0.4, -0.2) is 37.1 Å². The van der Waals surface area contributed by atoms with E-state index in [2.05, 4.69) is 17.3 Å². The molecule has 1 rings (SSSR count). The molecule has 1 fully saturated rings. The SMILES string of the molecule is CN1CCCC(NC(N)=O)C1. The van der Waals surface area contributed by atoms with Gasteiger partial charge in [0.15, 0.2) is 0 Å². The monoisotopic (exact) mass is 157 g/mol. The van der Waals surface area contributed by atoms with Gasteiger partial charge in [-0.2, -0.15) is 0 Å².